The van der Waals surface area contributed by atoms with Gasteiger partial charge in [-0.2, -0.15) is 0 Å². The summed E-state index contributed by atoms with van der Waals surface area (Å²) in [4.78, 5) is 20.7. The molecular formula is C22H33N5O2. The first kappa shape index (κ1) is 21.3. The average Bonchev–Trinajstić information content (AvgIpc) is 2.68. The first-order valence-electron chi connectivity index (χ1n) is 10.5. The third-order valence-electron chi connectivity index (χ3n) is 5.70. The Balaban J connectivity index is 1.57. The molecule has 2 aliphatic rings. The third kappa shape index (κ3) is 5.77. The van der Waals surface area contributed by atoms with Crippen molar-refractivity contribution in [1.82, 2.24) is 4.90 Å². The highest BCUT2D eigenvalue weighted by atomic mass is 16.6. The van der Waals surface area contributed by atoms with Crippen molar-refractivity contribution in [3.05, 3.63) is 29.6 Å². The van der Waals surface area contributed by atoms with E-state index in [0.29, 0.717) is 17.4 Å². The fourth-order valence-electron chi connectivity index (χ4n) is 4.13. The van der Waals surface area contributed by atoms with Gasteiger partial charge in [-0.1, -0.05) is 0 Å². The topological polar surface area (TPSA) is 75.2 Å². The van der Waals surface area contributed by atoms with Crippen molar-refractivity contribution in [2.45, 2.75) is 64.1 Å². The van der Waals surface area contributed by atoms with Crippen molar-refractivity contribution in [3.63, 3.8) is 0 Å². The largest absolute Gasteiger partial charge is 0.444 e. The Morgan fingerprint density at radius 3 is 2.41 bits per heavy atom. The normalized spacial score (nSPS) is 19.6. The van der Waals surface area contributed by atoms with Crippen molar-refractivity contribution >= 4 is 23.2 Å². The second-order valence-electron chi connectivity index (χ2n) is 9.01. The minimum Gasteiger partial charge on any atom is -0.444 e. The van der Waals surface area contributed by atoms with E-state index in [1.54, 1.807) is 0 Å². The van der Waals surface area contributed by atoms with Gasteiger partial charge in [0, 0.05) is 50.7 Å². The van der Waals surface area contributed by atoms with Crippen molar-refractivity contribution in [3.8, 4) is 0 Å². The van der Waals surface area contributed by atoms with Crippen LogP contribution in [0.25, 0.3) is 4.85 Å². The highest BCUT2D eigenvalue weighted by molar-refractivity contribution is 5.90. The Morgan fingerprint density at radius 1 is 1.17 bits per heavy atom. The molecule has 2 aliphatic heterocycles. The molecule has 7 nitrogen and oxygen atoms in total. The number of rotatable bonds is 3. The lowest BCUT2D eigenvalue weighted by Gasteiger charge is -2.41. The Bertz CT molecular complexity index is 751. The van der Waals surface area contributed by atoms with Crippen LogP contribution in [-0.4, -0.2) is 54.9 Å². The van der Waals surface area contributed by atoms with Gasteiger partial charge in [0.25, 0.3) is 0 Å². The summed E-state index contributed by atoms with van der Waals surface area (Å²) in [5, 5.41) is 2.77. The molecule has 0 unspecified atom stereocenters. The molecule has 1 aromatic rings. The maximum Gasteiger partial charge on any atom is 0.412 e. The number of carbonyl (C=O) groups excluding carboxylic acids is 1. The Kier molecular flexibility index (Phi) is 6.53. The van der Waals surface area contributed by atoms with Crippen LogP contribution in [0.1, 0.15) is 46.5 Å². The number of nitrogens with one attached hydrogen (secondary N) is 1. The number of nitrogen functional groups attached to an aromatic ring is 1. The Morgan fingerprint density at radius 2 is 1.83 bits per heavy atom. The van der Waals surface area contributed by atoms with Gasteiger partial charge in [0.05, 0.1) is 11.4 Å². The number of hydrogen-bond donors (Lipinski definition) is 2. The maximum absolute atomic E-state index is 12.1. The van der Waals surface area contributed by atoms with Gasteiger partial charge in [0.1, 0.15) is 5.60 Å². The van der Waals surface area contributed by atoms with E-state index in [1.807, 2.05) is 39.0 Å². The fourth-order valence-corrected chi connectivity index (χ4v) is 4.13. The number of amides is 1. The predicted octanol–water partition coefficient (Wildman–Crippen LogP) is 3.97. The molecule has 2 heterocycles. The van der Waals surface area contributed by atoms with E-state index >= 15 is 0 Å². The van der Waals surface area contributed by atoms with Gasteiger partial charge in [0.15, 0.2) is 0 Å². The summed E-state index contributed by atoms with van der Waals surface area (Å²) in [6, 6.07) is 6.60. The predicted molar refractivity (Wildman–Crippen MR) is 117 cm³/mol. The van der Waals surface area contributed by atoms with Crippen LogP contribution in [0.5, 0.6) is 0 Å². The summed E-state index contributed by atoms with van der Waals surface area (Å²) in [5.41, 5.74) is 7.68. The van der Waals surface area contributed by atoms with Gasteiger partial charge in [0.2, 0.25) is 6.04 Å². The summed E-state index contributed by atoms with van der Waals surface area (Å²) in [7, 11) is 0. The highest BCUT2D eigenvalue weighted by Crippen LogP contribution is 2.30. The molecule has 0 aliphatic carbocycles. The quantitative estimate of drug-likeness (QED) is 0.594. The molecule has 0 aromatic heterocycles. The molecule has 0 atom stereocenters. The van der Waals surface area contributed by atoms with Crippen LogP contribution < -0.4 is 16.0 Å². The summed E-state index contributed by atoms with van der Waals surface area (Å²) < 4.78 is 5.34. The third-order valence-corrected chi connectivity index (χ3v) is 5.70. The molecule has 3 N–H and O–H groups in total. The second-order valence-corrected chi connectivity index (χ2v) is 9.01. The van der Waals surface area contributed by atoms with Crippen LogP contribution in [0, 0.1) is 6.57 Å². The number of piperidine rings is 2. The summed E-state index contributed by atoms with van der Waals surface area (Å²) in [6.45, 7) is 16.7. The Hall–Kier alpha value is -2.46. The number of likely N-dealkylation sites (tertiary alicyclic amines) is 1. The molecule has 1 amide bonds. The number of ether oxygens (including phenoxy) is 1. The molecular weight excluding hydrogens is 366 g/mol. The van der Waals surface area contributed by atoms with Gasteiger partial charge < -0.3 is 20.2 Å². The SMILES string of the molecule is [C-]#[N+]C1CCN(C2CCN(c3ccc(N)c(NC(=O)OC(C)(C)C)c3)CC2)CC1. The molecule has 29 heavy (non-hydrogen) atoms. The van der Waals surface area contributed by atoms with Crippen molar-refractivity contribution in [1.29, 1.82) is 0 Å². The number of nitrogens with zero attached hydrogens (tertiary/aromatic N) is 3. The minimum atomic E-state index is -0.554. The van der Waals surface area contributed by atoms with Crippen LogP contribution in [0.3, 0.4) is 0 Å². The number of carbonyl (C=O) groups is 1. The van der Waals surface area contributed by atoms with Gasteiger partial charge in [-0.25, -0.2) is 11.4 Å². The first-order chi connectivity index (χ1) is 13.7. The van der Waals surface area contributed by atoms with E-state index in [0.717, 1.165) is 57.5 Å². The summed E-state index contributed by atoms with van der Waals surface area (Å²) in [5.74, 6) is 0. The lowest BCUT2D eigenvalue weighted by molar-refractivity contribution is 0.0636. The number of hydrogen-bond acceptors (Lipinski definition) is 5. The number of nitrogens with two attached hydrogens (primary N) is 1. The van der Waals surface area contributed by atoms with Gasteiger partial charge >= 0.3 is 6.09 Å². The lowest BCUT2D eigenvalue weighted by atomic mass is 9.98. The average molecular weight is 400 g/mol. The van der Waals surface area contributed by atoms with Gasteiger partial charge in [-0.15, -0.1) is 0 Å². The lowest BCUT2D eigenvalue weighted by Crippen LogP contribution is -2.48. The molecule has 0 radical (unpaired) electrons. The van der Waals surface area contributed by atoms with E-state index in [-0.39, 0.29) is 6.04 Å². The van der Waals surface area contributed by atoms with E-state index in [2.05, 4.69) is 20.0 Å². The van der Waals surface area contributed by atoms with Crippen molar-refractivity contribution < 1.29 is 9.53 Å². The zero-order valence-electron chi connectivity index (χ0n) is 17.8. The number of benzene rings is 1. The van der Waals surface area contributed by atoms with Crippen LogP contribution in [0.4, 0.5) is 21.9 Å². The van der Waals surface area contributed by atoms with Crippen LogP contribution in [0.15, 0.2) is 18.2 Å². The standard InChI is InChI=1S/C22H33N5O2/c1-22(2,3)29-21(28)25-20-15-18(5-6-19(20)23)27-13-9-17(10-14-27)26-11-7-16(24-4)8-12-26/h5-6,15-17H,7-14,23H2,1-3H3,(H,25,28). The summed E-state index contributed by atoms with van der Waals surface area (Å²) in [6.07, 6.45) is 3.73. The maximum atomic E-state index is 12.1. The molecule has 158 valence electrons. The van der Waals surface area contributed by atoms with Crippen LogP contribution >= 0.6 is 0 Å². The molecule has 3 rings (SSSR count). The zero-order chi connectivity index (χ0) is 21.0. The number of anilines is 3. The molecule has 1 aromatic carbocycles. The van der Waals surface area contributed by atoms with Crippen LogP contribution in [0.2, 0.25) is 0 Å². The minimum absolute atomic E-state index is 0.219. The molecule has 0 bridgehead atoms. The fraction of sp³-hybridized carbons (Fsp3) is 0.636. The van der Waals surface area contributed by atoms with Gasteiger partial charge in [-0.3, -0.25) is 10.2 Å². The van der Waals surface area contributed by atoms with Crippen molar-refractivity contribution in [2.24, 2.45) is 0 Å². The molecule has 2 fully saturated rings. The van der Waals surface area contributed by atoms with Crippen LogP contribution in [-0.2, 0) is 4.74 Å². The van der Waals surface area contributed by atoms with Gasteiger partial charge in [-0.05, 0) is 51.8 Å². The highest BCUT2D eigenvalue weighted by Gasteiger charge is 2.30. The first-order valence-corrected chi connectivity index (χ1v) is 10.5. The van der Waals surface area contributed by atoms with E-state index in [4.69, 9.17) is 17.0 Å². The molecule has 0 spiro atoms. The summed E-state index contributed by atoms with van der Waals surface area (Å²) >= 11 is 0. The smallest absolute Gasteiger partial charge is 0.412 e. The molecule has 0 saturated carbocycles. The van der Waals surface area contributed by atoms with E-state index in [1.165, 1.54) is 0 Å². The second kappa shape index (κ2) is 8.91. The zero-order valence-corrected chi connectivity index (χ0v) is 17.8. The Labute approximate surface area is 174 Å². The monoisotopic (exact) mass is 399 g/mol. The van der Waals surface area contributed by atoms with Crippen molar-refractivity contribution in [2.75, 3.05) is 42.1 Å². The molecule has 7 heteroatoms. The molecule has 2 saturated heterocycles. The van der Waals surface area contributed by atoms with E-state index < -0.39 is 11.7 Å². The van der Waals surface area contributed by atoms with E-state index in [9.17, 15) is 4.79 Å².